The van der Waals surface area contributed by atoms with Crippen molar-refractivity contribution in [2.24, 2.45) is 0 Å². The molecule has 0 spiro atoms. The lowest BCUT2D eigenvalue weighted by Gasteiger charge is -2.24. The summed E-state index contributed by atoms with van der Waals surface area (Å²) in [6.45, 7) is 27.8. The van der Waals surface area contributed by atoms with Gasteiger partial charge in [0.2, 0.25) is 0 Å². The van der Waals surface area contributed by atoms with E-state index in [0.717, 1.165) is 15.3 Å². The van der Waals surface area contributed by atoms with Gasteiger partial charge in [0.05, 0.1) is 0 Å². The normalized spacial score (nSPS) is 12.5. The molecule has 0 fully saturated rings. The monoisotopic (exact) mass is 720 g/mol. The Kier molecular flexibility index (Phi) is 10.2. The standard InChI is InChI=1S/C48H54BBr/c1-25(2)33-19-37(27(5)6)47(38(20-33)28(7)8)31-14-16-36-41(17-31)43-24-46(50)44-18-32(13-15-35(44)42(43)23-45(36)49)48-39(29(9)10)21-34(26(3)4)22-40(48)30(11)12/h13-30H,1-12H3. The lowest BCUT2D eigenvalue weighted by Crippen LogP contribution is -2.06. The first-order valence-electron chi connectivity index (χ1n) is 18.8. The van der Waals surface area contributed by atoms with Crippen molar-refractivity contribution in [1.29, 1.82) is 0 Å². The number of halogens is 1. The van der Waals surface area contributed by atoms with Gasteiger partial charge in [-0.05, 0) is 142 Å². The van der Waals surface area contributed by atoms with Crippen LogP contribution in [-0.4, -0.2) is 7.85 Å². The summed E-state index contributed by atoms with van der Waals surface area (Å²) < 4.78 is 1.11. The molecule has 0 atom stereocenters. The minimum Gasteiger partial charge on any atom is -0.0883 e. The van der Waals surface area contributed by atoms with E-state index >= 15 is 0 Å². The van der Waals surface area contributed by atoms with Gasteiger partial charge in [0, 0.05) is 4.47 Å². The Balaban J connectivity index is 1.62. The molecule has 0 bridgehead atoms. The molecule has 0 nitrogen and oxygen atoms in total. The molecule has 0 heterocycles. The molecule has 0 unspecified atom stereocenters. The SMILES string of the molecule is [B]c1cc2c3ccc(-c4c(C(C)C)cc(C(C)C)cc4C(C)C)cc3c(Br)cc2c2cc(-c3c(C(C)C)cc(C(C)C)cc3C(C)C)ccc12. The molecule has 0 saturated carbocycles. The largest absolute Gasteiger partial charge is 0.114 e. The van der Waals surface area contributed by atoms with Crippen molar-refractivity contribution in [3.05, 3.63) is 111 Å². The van der Waals surface area contributed by atoms with Gasteiger partial charge in [-0.1, -0.05) is 159 Å². The Labute approximate surface area is 311 Å². The average molecular weight is 722 g/mol. The van der Waals surface area contributed by atoms with Gasteiger partial charge in [0.1, 0.15) is 7.85 Å². The zero-order valence-corrected chi connectivity index (χ0v) is 33.9. The maximum Gasteiger partial charge on any atom is 0.114 e. The zero-order chi connectivity index (χ0) is 36.3. The van der Waals surface area contributed by atoms with Crippen LogP contribution in [0.4, 0.5) is 0 Å². The summed E-state index contributed by atoms with van der Waals surface area (Å²) in [6, 6.07) is 28.3. The van der Waals surface area contributed by atoms with E-state index in [9.17, 15) is 0 Å². The molecule has 2 radical (unpaired) electrons. The highest BCUT2D eigenvalue weighted by atomic mass is 79.9. The third-order valence-corrected chi connectivity index (χ3v) is 11.5. The van der Waals surface area contributed by atoms with Crippen molar-refractivity contribution in [2.45, 2.75) is 119 Å². The van der Waals surface area contributed by atoms with Crippen molar-refractivity contribution in [3.8, 4) is 22.3 Å². The molecule has 0 amide bonds. The van der Waals surface area contributed by atoms with Gasteiger partial charge >= 0.3 is 0 Å². The van der Waals surface area contributed by atoms with Crippen molar-refractivity contribution in [2.75, 3.05) is 0 Å². The van der Waals surface area contributed by atoms with E-state index in [1.54, 1.807) is 0 Å². The smallest absolute Gasteiger partial charge is 0.0883 e. The van der Waals surface area contributed by atoms with Gasteiger partial charge in [-0.2, -0.15) is 0 Å². The molecule has 6 aromatic rings. The molecule has 0 aromatic heterocycles. The van der Waals surface area contributed by atoms with E-state index in [-0.39, 0.29) is 0 Å². The fourth-order valence-corrected chi connectivity index (χ4v) is 8.48. The molecule has 0 aliphatic carbocycles. The maximum absolute atomic E-state index is 6.90. The molecule has 256 valence electrons. The summed E-state index contributed by atoms with van der Waals surface area (Å²) in [5.41, 5.74) is 14.7. The van der Waals surface area contributed by atoms with Crippen molar-refractivity contribution >= 4 is 61.6 Å². The number of benzene rings is 6. The van der Waals surface area contributed by atoms with Crippen LogP contribution in [0.25, 0.3) is 54.6 Å². The quantitative estimate of drug-likeness (QED) is 0.108. The summed E-state index contributed by atoms with van der Waals surface area (Å²) in [5.74, 6) is 2.65. The van der Waals surface area contributed by atoms with Crippen LogP contribution in [-0.2, 0) is 0 Å². The van der Waals surface area contributed by atoms with Crippen LogP contribution in [0, 0.1) is 0 Å². The Morgan fingerprint density at radius 3 is 1.14 bits per heavy atom. The van der Waals surface area contributed by atoms with Gasteiger partial charge in [-0.15, -0.1) is 0 Å². The summed E-state index contributed by atoms with van der Waals surface area (Å²) >= 11 is 4.07. The van der Waals surface area contributed by atoms with E-state index in [2.05, 4.69) is 172 Å². The summed E-state index contributed by atoms with van der Waals surface area (Å²) in [5, 5.41) is 7.18. The second kappa shape index (κ2) is 14.0. The van der Waals surface area contributed by atoms with Crippen molar-refractivity contribution in [3.63, 3.8) is 0 Å². The van der Waals surface area contributed by atoms with Crippen LogP contribution in [0.3, 0.4) is 0 Å². The van der Waals surface area contributed by atoms with Crippen LogP contribution < -0.4 is 5.46 Å². The lowest BCUT2D eigenvalue weighted by molar-refractivity contribution is 0.807. The highest BCUT2D eigenvalue weighted by molar-refractivity contribution is 9.10. The number of fused-ring (bicyclic) bond motifs is 5. The molecule has 6 aromatic carbocycles. The van der Waals surface area contributed by atoms with Gasteiger partial charge in [0.15, 0.2) is 0 Å². The van der Waals surface area contributed by atoms with Crippen molar-refractivity contribution < 1.29 is 0 Å². The number of hydrogen-bond acceptors (Lipinski definition) is 0. The first kappa shape index (κ1) is 36.4. The summed E-state index contributed by atoms with van der Waals surface area (Å²) in [7, 11) is 6.90. The van der Waals surface area contributed by atoms with Gasteiger partial charge in [-0.25, -0.2) is 0 Å². The van der Waals surface area contributed by atoms with Crippen LogP contribution in [0.1, 0.15) is 152 Å². The Morgan fingerprint density at radius 1 is 0.380 bits per heavy atom. The lowest BCUT2D eigenvalue weighted by atomic mass is 9.80. The van der Waals surface area contributed by atoms with Gasteiger partial charge in [-0.3, -0.25) is 0 Å². The number of hydrogen-bond donors (Lipinski definition) is 0. The third-order valence-electron chi connectivity index (χ3n) is 10.9. The zero-order valence-electron chi connectivity index (χ0n) is 32.3. The molecule has 50 heavy (non-hydrogen) atoms. The van der Waals surface area contributed by atoms with E-state index in [1.807, 2.05) is 0 Å². The Hall–Kier alpha value is -3.36. The topological polar surface area (TPSA) is 0 Å². The second-order valence-corrected chi connectivity index (χ2v) is 17.4. The van der Waals surface area contributed by atoms with E-state index in [4.69, 9.17) is 7.85 Å². The van der Waals surface area contributed by atoms with E-state index in [1.165, 1.54) is 82.6 Å². The minimum atomic E-state index is 0.413. The molecule has 0 N–H and O–H groups in total. The van der Waals surface area contributed by atoms with Gasteiger partial charge < -0.3 is 0 Å². The molecule has 0 aliphatic rings. The minimum absolute atomic E-state index is 0.413. The van der Waals surface area contributed by atoms with E-state index in [0.29, 0.717) is 35.5 Å². The molecule has 6 rings (SSSR count). The molecular formula is C48H54BBr. The summed E-state index contributed by atoms with van der Waals surface area (Å²) in [4.78, 5) is 0. The third kappa shape index (κ3) is 6.47. The fraction of sp³-hybridized carbons (Fsp3) is 0.375. The van der Waals surface area contributed by atoms with Crippen LogP contribution in [0.5, 0.6) is 0 Å². The predicted octanol–water partition coefficient (Wildman–Crippen LogP) is 14.8. The maximum atomic E-state index is 6.90. The molecule has 2 heteroatoms. The van der Waals surface area contributed by atoms with Gasteiger partial charge in [0.25, 0.3) is 0 Å². The summed E-state index contributed by atoms with van der Waals surface area (Å²) in [6.07, 6.45) is 0. The van der Waals surface area contributed by atoms with Crippen LogP contribution in [0.2, 0.25) is 0 Å². The van der Waals surface area contributed by atoms with Crippen LogP contribution >= 0.6 is 15.9 Å². The highest BCUT2D eigenvalue weighted by Gasteiger charge is 2.22. The molecular weight excluding hydrogens is 667 g/mol. The average Bonchev–Trinajstić information content (AvgIpc) is 3.07. The first-order chi connectivity index (χ1) is 23.6. The highest BCUT2D eigenvalue weighted by Crippen LogP contribution is 2.44. The molecule has 0 aliphatic heterocycles. The second-order valence-electron chi connectivity index (χ2n) is 16.5. The number of rotatable bonds is 8. The molecule has 0 saturated heterocycles. The first-order valence-corrected chi connectivity index (χ1v) is 19.6. The van der Waals surface area contributed by atoms with E-state index < -0.39 is 0 Å². The predicted molar refractivity (Wildman–Crippen MR) is 227 cm³/mol. The van der Waals surface area contributed by atoms with Crippen LogP contribution in [0.15, 0.2) is 77.3 Å². The van der Waals surface area contributed by atoms with Crippen molar-refractivity contribution in [1.82, 2.24) is 0 Å². The Morgan fingerprint density at radius 2 is 0.740 bits per heavy atom. The fourth-order valence-electron chi connectivity index (χ4n) is 7.92. The Bertz CT molecular complexity index is 2190.